The van der Waals surface area contributed by atoms with E-state index in [-0.39, 0.29) is 6.04 Å². The molecule has 0 bridgehead atoms. The Hall–Kier alpha value is -1.15. The molecule has 1 aromatic carbocycles. The molecule has 1 rings (SSSR count). The summed E-state index contributed by atoms with van der Waals surface area (Å²) < 4.78 is 0. The summed E-state index contributed by atoms with van der Waals surface area (Å²) in [4.78, 5) is 13.6. The van der Waals surface area contributed by atoms with Gasteiger partial charge in [-0.1, -0.05) is 37.3 Å². The Kier molecular flexibility index (Phi) is 5.20. The minimum absolute atomic E-state index is 0.0358. The number of rotatable bonds is 6. The Bertz CT molecular complexity index is 321. The van der Waals surface area contributed by atoms with Crippen molar-refractivity contribution in [1.82, 2.24) is 4.90 Å². The van der Waals surface area contributed by atoms with Crippen molar-refractivity contribution in [3.8, 4) is 0 Å². The molecule has 0 aliphatic rings. The lowest BCUT2D eigenvalue weighted by molar-refractivity contribution is -0.122. The van der Waals surface area contributed by atoms with Crippen LogP contribution in [-0.2, 0) is 11.2 Å². The molecule has 0 fully saturated rings. The van der Waals surface area contributed by atoms with Gasteiger partial charge < -0.3 is 0 Å². The van der Waals surface area contributed by atoms with Gasteiger partial charge in [0.15, 0.2) is 0 Å². The van der Waals surface area contributed by atoms with E-state index < -0.39 is 0 Å². The molecule has 0 saturated heterocycles. The number of ketones is 1. The van der Waals surface area contributed by atoms with Crippen molar-refractivity contribution in [2.75, 3.05) is 13.6 Å². The molecule has 0 spiro atoms. The van der Waals surface area contributed by atoms with Crippen molar-refractivity contribution < 1.29 is 4.79 Å². The minimum atomic E-state index is 0.0358. The fraction of sp³-hybridized carbons (Fsp3) is 0.500. The van der Waals surface area contributed by atoms with Crippen LogP contribution in [0.3, 0.4) is 0 Å². The summed E-state index contributed by atoms with van der Waals surface area (Å²) >= 11 is 0. The van der Waals surface area contributed by atoms with Crippen LogP contribution in [0.25, 0.3) is 0 Å². The van der Waals surface area contributed by atoms with Gasteiger partial charge in [-0.15, -0.1) is 0 Å². The molecule has 0 aliphatic carbocycles. The topological polar surface area (TPSA) is 20.3 Å². The Morgan fingerprint density at radius 2 is 1.94 bits per heavy atom. The number of likely N-dealkylation sites (N-methyl/N-ethyl adjacent to an activating group) is 1. The highest BCUT2D eigenvalue weighted by Gasteiger charge is 2.15. The van der Waals surface area contributed by atoms with Gasteiger partial charge in [0, 0.05) is 13.0 Å². The third-order valence-electron chi connectivity index (χ3n) is 3.07. The molecular weight excluding hydrogens is 198 g/mol. The van der Waals surface area contributed by atoms with Crippen molar-refractivity contribution in [1.29, 1.82) is 0 Å². The Balaban J connectivity index is 2.41. The third-order valence-corrected chi connectivity index (χ3v) is 3.07. The highest BCUT2D eigenvalue weighted by atomic mass is 16.1. The van der Waals surface area contributed by atoms with Gasteiger partial charge in [0.25, 0.3) is 0 Å². The van der Waals surface area contributed by atoms with Gasteiger partial charge >= 0.3 is 0 Å². The lowest BCUT2D eigenvalue weighted by atomic mass is 10.1. The van der Waals surface area contributed by atoms with Crippen LogP contribution in [0.4, 0.5) is 0 Å². The quantitative estimate of drug-likeness (QED) is 0.732. The zero-order valence-electron chi connectivity index (χ0n) is 10.4. The normalized spacial score (nSPS) is 12.8. The van der Waals surface area contributed by atoms with Crippen LogP contribution in [0, 0.1) is 0 Å². The van der Waals surface area contributed by atoms with E-state index in [0.29, 0.717) is 12.2 Å². The molecule has 1 atom stereocenters. The number of nitrogens with zero attached hydrogens (tertiary/aromatic N) is 1. The molecule has 88 valence electrons. The minimum Gasteiger partial charge on any atom is -0.298 e. The second-order valence-electron chi connectivity index (χ2n) is 4.21. The number of Topliss-reactive ketones (excluding diaryl/α,β-unsaturated/α-hetero) is 1. The predicted octanol–water partition coefficient (Wildman–Crippen LogP) is 2.53. The van der Waals surface area contributed by atoms with Crippen molar-refractivity contribution >= 4 is 5.78 Å². The first-order valence-corrected chi connectivity index (χ1v) is 5.92. The van der Waals surface area contributed by atoms with Crippen LogP contribution in [-0.4, -0.2) is 30.3 Å². The third kappa shape index (κ3) is 3.78. The molecule has 0 saturated carbocycles. The van der Waals surface area contributed by atoms with Crippen LogP contribution < -0.4 is 0 Å². The van der Waals surface area contributed by atoms with Crippen molar-refractivity contribution in [3.63, 3.8) is 0 Å². The summed E-state index contributed by atoms with van der Waals surface area (Å²) in [6.07, 6.45) is 1.62. The molecule has 0 N–H and O–H groups in total. The number of hydrogen-bond donors (Lipinski definition) is 0. The molecule has 0 aromatic heterocycles. The van der Waals surface area contributed by atoms with Gasteiger partial charge in [0.1, 0.15) is 5.78 Å². The fourth-order valence-electron chi connectivity index (χ4n) is 1.68. The second-order valence-corrected chi connectivity index (χ2v) is 4.21. The smallest absolute Gasteiger partial charge is 0.149 e. The first-order valence-electron chi connectivity index (χ1n) is 5.92. The summed E-state index contributed by atoms with van der Waals surface area (Å²) in [7, 11) is 2.02. The van der Waals surface area contributed by atoms with E-state index in [9.17, 15) is 4.79 Å². The Morgan fingerprint density at radius 3 is 2.50 bits per heavy atom. The van der Waals surface area contributed by atoms with E-state index in [0.717, 1.165) is 13.0 Å². The van der Waals surface area contributed by atoms with E-state index in [1.54, 1.807) is 0 Å². The van der Waals surface area contributed by atoms with Gasteiger partial charge in [-0.2, -0.15) is 0 Å². The van der Waals surface area contributed by atoms with Crippen LogP contribution in [0.2, 0.25) is 0 Å². The summed E-state index contributed by atoms with van der Waals surface area (Å²) in [6.45, 7) is 4.83. The summed E-state index contributed by atoms with van der Waals surface area (Å²) in [5.41, 5.74) is 1.32. The average molecular weight is 219 g/mol. The van der Waals surface area contributed by atoms with Gasteiger partial charge in [-0.3, -0.25) is 9.69 Å². The number of hydrogen-bond acceptors (Lipinski definition) is 2. The molecule has 1 aromatic rings. The zero-order chi connectivity index (χ0) is 12.0. The Morgan fingerprint density at radius 1 is 1.31 bits per heavy atom. The van der Waals surface area contributed by atoms with E-state index in [2.05, 4.69) is 29.2 Å². The number of benzene rings is 1. The molecule has 2 nitrogen and oxygen atoms in total. The average Bonchev–Trinajstić information content (AvgIpc) is 2.35. The zero-order valence-corrected chi connectivity index (χ0v) is 10.4. The van der Waals surface area contributed by atoms with Gasteiger partial charge in [0.2, 0.25) is 0 Å². The molecule has 0 amide bonds. The second kappa shape index (κ2) is 6.44. The molecule has 0 heterocycles. The first-order chi connectivity index (χ1) is 7.65. The first kappa shape index (κ1) is 12.9. The monoisotopic (exact) mass is 219 g/mol. The standard InChI is InChI=1S/C14H21NO/c1-4-14(16)12(2)15(3)11-10-13-8-6-5-7-9-13/h5-9,12H,4,10-11H2,1-3H3. The van der Waals surface area contributed by atoms with Crippen LogP contribution in [0.1, 0.15) is 25.8 Å². The summed E-state index contributed by atoms with van der Waals surface area (Å²) in [5.74, 6) is 0.315. The lowest BCUT2D eigenvalue weighted by Gasteiger charge is -2.23. The largest absolute Gasteiger partial charge is 0.298 e. The fourth-order valence-corrected chi connectivity index (χ4v) is 1.68. The maximum absolute atomic E-state index is 11.5. The lowest BCUT2D eigenvalue weighted by Crippen LogP contribution is -2.36. The van der Waals surface area contributed by atoms with Gasteiger partial charge in [-0.25, -0.2) is 0 Å². The van der Waals surface area contributed by atoms with Crippen molar-refractivity contribution in [2.24, 2.45) is 0 Å². The van der Waals surface area contributed by atoms with Gasteiger partial charge in [-0.05, 0) is 26.0 Å². The molecule has 0 radical (unpaired) electrons. The van der Waals surface area contributed by atoms with Crippen LogP contribution in [0.15, 0.2) is 30.3 Å². The van der Waals surface area contributed by atoms with Crippen LogP contribution >= 0.6 is 0 Å². The maximum Gasteiger partial charge on any atom is 0.149 e. The SMILES string of the molecule is CCC(=O)C(C)N(C)CCc1ccccc1. The predicted molar refractivity (Wildman–Crippen MR) is 67.5 cm³/mol. The summed E-state index contributed by atoms with van der Waals surface area (Å²) in [6, 6.07) is 10.4. The van der Waals surface area contributed by atoms with E-state index >= 15 is 0 Å². The molecular formula is C14H21NO. The van der Waals surface area contributed by atoms with E-state index in [4.69, 9.17) is 0 Å². The van der Waals surface area contributed by atoms with Crippen LogP contribution in [0.5, 0.6) is 0 Å². The molecule has 0 aliphatic heterocycles. The summed E-state index contributed by atoms with van der Waals surface area (Å²) in [5, 5.41) is 0. The highest BCUT2D eigenvalue weighted by molar-refractivity contribution is 5.83. The molecule has 2 heteroatoms. The van der Waals surface area contributed by atoms with Crippen molar-refractivity contribution in [2.45, 2.75) is 32.7 Å². The Labute approximate surface area is 98.3 Å². The highest BCUT2D eigenvalue weighted by Crippen LogP contribution is 2.04. The molecule has 1 unspecified atom stereocenters. The number of carbonyl (C=O) groups excluding carboxylic acids is 1. The number of carbonyl (C=O) groups is 1. The van der Waals surface area contributed by atoms with Gasteiger partial charge in [0.05, 0.1) is 6.04 Å². The maximum atomic E-state index is 11.5. The van der Waals surface area contributed by atoms with E-state index in [1.807, 2.05) is 27.0 Å². The molecule has 16 heavy (non-hydrogen) atoms. The van der Waals surface area contributed by atoms with E-state index in [1.165, 1.54) is 5.56 Å². The van der Waals surface area contributed by atoms with Crippen molar-refractivity contribution in [3.05, 3.63) is 35.9 Å².